The average Bonchev–Trinajstić information content (AvgIpc) is 2.63. The molecule has 90 valence electrons. The summed E-state index contributed by atoms with van der Waals surface area (Å²) in [6, 6.07) is 3.50. The first-order valence-corrected chi connectivity index (χ1v) is 5.32. The van der Waals surface area contributed by atoms with E-state index in [0.717, 1.165) is 6.07 Å². The summed E-state index contributed by atoms with van der Waals surface area (Å²) < 4.78 is 27.9. The number of benzene rings is 1. The van der Waals surface area contributed by atoms with Gasteiger partial charge >= 0.3 is 0 Å². The molecule has 3 nitrogen and oxygen atoms in total. The summed E-state index contributed by atoms with van der Waals surface area (Å²) in [5.74, 6) is -0.671. The van der Waals surface area contributed by atoms with Gasteiger partial charge in [0.2, 0.25) is 5.95 Å². The Kier molecular flexibility index (Phi) is 3.08. The van der Waals surface area contributed by atoms with Crippen LogP contribution in [0.2, 0.25) is 0 Å². The molecule has 2 rings (SSSR count). The van der Waals surface area contributed by atoms with Gasteiger partial charge in [-0.2, -0.15) is 0 Å². The molecule has 1 aromatic heterocycles. The summed E-state index contributed by atoms with van der Waals surface area (Å²) in [5, 5.41) is 2.89. The van der Waals surface area contributed by atoms with Crippen LogP contribution < -0.4 is 5.32 Å². The van der Waals surface area contributed by atoms with Gasteiger partial charge in [0.15, 0.2) is 0 Å². The van der Waals surface area contributed by atoms with Crippen molar-refractivity contribution in [3.05, 3.63) is 42.2 Å². The Hall–Kier alpha value is -1.91. The van der Waals surface area contributed by atoms with Crippen molar-refractivity contribution in [2.24, 2.45) is 0 Å². The number of nitrogens with one attached hydrogen (secondary N) is 1. The molecule has 0 aliphatic heterocycles. The number of aromatic nitrogens is 2. The van der Waals surface area contributed by atoms with E-state index in [1.165, 1.54) is 12.1 Å². The van der Waals surface area contributed by atoms with Crippen LogP contribution in [0.3, 0.4) is 0 Å². The molecule has 0 unspecified atom stereocenters. The number of nitrogens with zero attached hydrogens (tertiary/aromatic N) is 2. The molecule has 1 heterocycles. The molecule has 0 atom stereocenters. The molecule has 5 heteroatoms. The molecule has 1 N–H and O–H groups in total. The minimum atomic E-state index is -0.616. The predicted octanol–water partition coefficient (Wildman–Crippen LogP) is 3.49. The summed E-state index contributed by atoms with van der Waals surface area (Å²) >= 11 is 0. The van der Waals surface area contributed by atoms with E-state index >= 15 is 0 Å². The number of anilines is 2. The first-order chi connectivity index (χ1) is 8.06. The quantitative estimate of drug-likeness (QED) is 0.885. The molecule has 0 fully saturated rings. The second kappa shape index (κ2) is 4.53. The Bertz CT molecular complexity index is 500. The van der Waals surface area contributed by atoms with Gasteiger partial charge < -0.3 is 9.88 Å². The molecular weight excluding hydrogens is 224 g/mol. The molecule has 0 saturated carbocycles. The van der Waals surface area contributed by atoms with E-state index in [4.69, 9.17) is 0 Å². The minimum Gasteiger partial charge on any atom is -0.325 e. The third-order valence-electron chi connectivity index (χ3n) is 2.34. The lowest BCUT2D eigenvalue weighted by molar-refractivity contribution is 0.584. The molecule has 0 spiro atoms. The molecule has 1 aromatic carbocycles. The van der Waals surface area contributed by atoms with Crippen LogP contribution in [-0.2, 0) is 0 Å². The van der Waals surface area contributed by atoms with Gasteiger partial charge in [0, 0.05) is 30.2 Å². The maximum atomic E-state index is 13.0. The Morgan fingerprint density at radius 2 is 1.82 bits per heavy atom. The van der Waals surface area contributed by atoms with Gasteiger partial charge in [-0.1, -0.05) is 0 Å². The summed E-state index contributed by atoms with van der Waals surface area (Å²) in [6.07, 6.45) is 3.45. The molecule has 0 aliphatic carbocycles. The lowest BCUT2D eigenvalue weighted by Crippen LogP contribution is -2.05. The monoisotopic (exact) mass is 237 g/mol. The Morgan fingerprint density at radius 3 is 2.41 bits per heavy atom. The van der Waals surface area contributed by atoms with Crippen LogP contribution in [0.5, 0.6) is 0 Å². The van der Waals surface area contributed by atoms with Crippen LogP contribution in [0.4, 0.5) is 20.4 Å². The fourth-order valence-corrected chi connectivity index (χ4v) is 1.58. The zero-order chi connectivity index (χ0) is 12.4. The molecule has 0 aliphatic rings. The van der Waals surface area contributed by atoms with Gasteiger partial charge in [0.1, 0.15) is 11.6 Å². The molecule has 0 bridgehead atoms. The maximum Gasteiger partial charge on any atom is 0.207 e. The summed E-state index contributed by atoms with van der Waals surface area (Å²) in [7, 11) is 0. The van der Waals surface area contributed by atoms with Crippen molar-refractivity contribution >= 4 is 11.6 Å². The van der Waals surface area contributed by atoms with Crippen LogP contribution in [0, 0.1) is 11.6 Å². The van der Waals surface area contributed by atoms with Gasteiger partial charge in [0.05, 0.1) is 0 Å². The fourth-order valence-electron chi connectivity index (χ4n) is 1.58. The van der Waals surface area contributed by atoms with Crippen molar-refractivity contribution < 1.29 is 8.78 Å². The van der Waals surface area contributed by atoms with Crippen molar-refractivity contribution in [1.29, 1.82) is 0 Å². The number of hydrogen-bond acceptors (Lipinski definition) is 2. The summed E-state index contributed by atoms with van der Waals surface area (Å²) in [5.41, 5.74) is 0.343. The molecule has 0 saturated heterocycles. The van der Waals surface area contributed by atoms with Gasteiger partial charge in [-0.3, -0.25) is 0 Å². The lowest BCUT2D eigenvalue weighted by Gasteiger charge is -2.12. The highest BCUT2D eigenvalue weighted by Crippen LogP contribution is 2.20. The smallest absolute Gasteiger partial charge is 0.207 e. The van der Waals surface area contributed by atoms with Crippen LogP contribution in [0.15, 0.2) is 30.6 Å². The second-order valence-corrected chi connectivity index (χ2v) is 4.03. The van der Waals surface area contributed by atoms with Crippen molar-refractivity contribution in [2.45, 2.75) is 19.9 Å². The number of imidazole rings is 1. The van der Waals surface area contributed by atoms with E-state index in [2.05, 4.69) is 10.3 Å². The predicted molar refractivity (Wildman–Crippen MR) is 62.3 cm³/mol. The molecule has 0 amide bonds. The molecule has 2 aromatic rings. The van der Waals surface area contributed by atoms with Crippen molar-refractivity contribution in [3.63, 3.8) is 0 Å². The van der Waals surface area contributed by atoms with Crippen LogP contribution in [0.25, 0.3) is 0 Å². The third kappa shape index (κ3) is 2.61. The maximum absolute atomic E-state index is 13.0. The zero-order valence-electron chi connectivity index (χ0n) is 9.61. The first-order valence-electron chi connectivity index (χ1n) is 5.32. The standard InChI is InChI=1S/C12H13F2N3/c1-8(2)17-4-3-15-12(17)16-11-6-9(13)5-10(14)7-11/h3-8H,1-2H3,(H,15,16). The number of halogens is 2. The normalized spacial score (nSPS) is 10.9. The van der Waals surface area contributed by atoms with Crippen molar-refractivity contribution in [3.8, 4) is 0 Å². The molecular formula is C12H13F2N3. The first kappa shape index (κ1) is 11.6. The highest BCUT2D eigenvalue weighted by Gasteiger charge is 2.07. The molecule has 0 radical (unpaired) electrons. The topological polar surface area (TPSA) is 29.9 Å². The molecule has 17 heavy (non-hydrogen) atoms. The summed E-state index contributed by atoms with van der Waals surface area (Å²) in [6.45, 7) is 4.00. The van der Waals surface area contributed by atoms with Crippen molar-refractivity contribution in [1.82, 2.24) is 9.55 Å². The van der Waals surface area contributed by atoms with E-state index in [1.807, 2.05) is 24.6 Å². The number of rotatable bonds is 3. The second-order valence-electron chi connectivity index (χ2n) is 4.03. The lowest BCUT2D eigenvalue weighted by atomic mass is 10.3. The fraction of sp³-hybridized carbons (Fsp3) is 0.250. The van der Waals surface area contributed by atoms with E-state index in [1.54, 1.807) is 6.20 Å². The third-order valence-corrected chi connectivity index (χ3v) is 2.34. The van der Waals surface area contributed by atoms with E-state index in [9.17, 15) is 8.78 Å². The van der Waals surface area contributed by atoms with Gasteiger partial charge in [-0.05, 0) is 26.0 Å². The van der Waals surface area contributed by atoms with E-state index < -0.39 is 11.6 Å². The van der Waals surface area contributed by atoms with Crippen LogP contribution in [-0.4, -0.2) is 9.55 Å². The Morgan fingerprint density at radius 1 is 1.18 bits per heavy atom. The van der Waals surface area contributed by atoms with Crippen LogP contribution in [0.1, 0.15) is 19.9 Å². The average molecular weight is 237 g/mol. The number of hydrogen-bond donors (Lipinski definition) is 1. The van der Waals surface area contributed by atoms with Gasteiger partial charge in [-0.15, -0.1) is 0 Å². The minimum absolute atomic E-state index is 0.221. The Labute approximate surface area is 98.1 Å². The highest BCUT2D eigenvalue weighted by molar-refractivity contribution is 5.53. The van der Waals surface area contributed by atoms with Crippen molar-refractivity contribution in [2.75, 3.05) is 5.32 Å². The highest BCUT2D eigenvalue weighted by atomic mass is 19.1. The van der Waals surface area contributed by atoms with Gasteiger partial charge in [-0.25, -0.2) is 13.8 Å². The van der Waals surface area contributed by atoms with E-state index in [-0.39, 0.29) is 6.04 Å². The zero-order valence-corrected chi connectivity index (χ0v) is 9.61. The largest absolute Gasteiger partial charge is 0.325 e. The van der Waals surface area contributed by atoms with E-state index in [0.29, 0.717) is 11.6 Å². The summed E-state index contributed by atoms with van der Waals surface area (Å²) in [4.78, 5) is 4.10. The van der Waals surface area contributed by atoms with Gasteiger partial charge in [0.25, 0.3) is 0 Å². The Balaban J connectivity index is 2.28. The van der Waals surface area contributed by atoms with Crippen LogP contribution >= 0.6 is 0 Å². The SMILES string of the molecule is CC(C)n1ccnc1Nc1cc(F)cc(F)c1.